The first-order valence-corrected chi connectivity index (χ1v) is 11.4. The lowest BCUT2D eigenvalue weighted by Crippen LogP contribution is -2.35. The molecule has 2 aromatic carbocycles. The van der Waals surface area contributed by atoms with E-state index < -0.39 is 0 Å². The van der Waals surface area contributed by atoms with E-state index in [1.54, 1.807) is 18.3 Å². The van der Waals surface area contributed by atoms with Crippen molar-refractivity contribution in [1.29, 1.82) is 0 Å². The number of carbonyl (C=O) groups excluding carboxylic acids is 2. The van der Waals surface area contributed by atoms with Crippen molar-refractivity contribution in [1.82, 2.24) is 9.91 Å². The molecule has 0 atom stereocenters. The summed E-state index contributed by atoms with van der Waals surface area (Å²) in [5.41, 5.74) is 4.64. The third-order valence-electron chi connectivity index (χ3n) is 5.74. The summed E-state index contributed by atoms with van der Waals surface area (Å²) in [4.78, 5) is 26.6. The molecule has 174 valence electrons. The third kappa shape index (κ3) is 6.40. The van der Waals surface area contributed by atoms with E-state index in [4.69, 9.17) is 9.47 Å². The van der Waals surface area contributed by atoms with Crippen LogP contribution in [0.25, 0.3) is 0 Å². The van der Waals surface area contributed by atoms with Gasteiger partial charge in [-0.3, -0.25) is 19.5 Å². The van der Waals surface area contributed by atoms with Crippen molar-refractivity contribution < 1.29 is 19.1 Å². The highest BCUT2D eigenvalue weighted by Gasteiger charge is 2.19. The van der Waals surface area contributed by atoms with Crippen molar-refractivity contribution >= 4 is 23.8 Å². The van der Waals surface area contributed by atoms with Gasteiger partial charge in [0.25, 0.3) is 5.91 Å². The van der Waals surface area contributed by atoms with Crippen LogP contribution >= 0.6 is 0 Å². The van der Waals surface area contributed by atoms with Gasteiger partial charge >= 0.3 is 5.97 Å². The van der Waals surface area contributed by atoms with Crippen LogP contribution in [0.5, 0.6) is 0 Å². The fourth-order valence-electron chi connectivity index (χ4n) is 3.96. The molecule has 8 heteroatoms. The molecular formula is C25H30N4O4. The Bertz CT molecular complexity index is 1000. The number of amides is 1. The highest BCUT2D eigenvalue weighted by atomic mass is 16.5. The number of fused-ring (bicyclic) bond motifs is 1. The normalized spacial score (nSPS) is 16.5. The summed E-state index contributed by atoms with van der Waals surface area (Å²) < 4.78 is 10.4. The van der Waals surface area contributed by atoms with Crippen LogP contribution < -0.4 is 5.32 Å². The second-order valence-corrected chi connectivity index (χ2v) is 8.14. The second-order valence-electron chi connectivity index (χ2n) is 8.14. The highest BCUT2D eigenvalue weighted by molar-refractivity contribution is 6.04. The minimum Gasteiger partial charge on any atom is -0.465 e. The minimum atomic E-state index is -0.205. The van der Waals surface area contributed by atoms with Crippen molar-refractivity contribution in [2.24, 2.45) is 5.10 Å². The maximum atomic E-state index is 12.7. The molecule has 2 aromatic rings. The number of hydrogen-bond acceptors (Lipinski definition) is 7. The van der Waals surface area contributed by atoms with Gasteiger partial charge in [-0.05, 0) is 54.3 Å². The fourth-order valence-corrected chi connectivity index (χ4v) is 3.96. The van der Waals surface area contributed by atoms with Gasteiger partial charge < -0.3 is 14.8 Å². The Balaban J connectivity index is 1.35. The zero-order valence-electron chi connectivity index (χ0n) is 19.0. The Labute approximate surface area is 194 Å². The van der Waals surface area contributed by atoms with Gasteiger partial charge in [-0.1, -0.05) is 18.2 Å². The van der Waals surface area contributed by atoms with E-state index in [-0.39, 0.29) is 18.4 Å². The van der Waals surface area contributed by atoms with Crippen molar-refractivity contribution in [3.63, 3.8) is 0 Å². The predicted octanol–water partition coefficient (Wildman–Crippen LogP) is 2.53. The lowest BCUT2D eigenvalue weighted by atomic mass is 9.99. The molecule has 0 unspecified atom stereocenters. The number of morpholine rings is 1. The number of esters is 1. The van der Waals surface area contributed by atoms with E-state index in [1.165, 1.54) is 5.56 Å². The molecule has 2 heterocycles. The molecule has 33 heavy (non-hydrogen) atoms. The van der Waals surface area contributed by atoms with Crippen molar-refractivity contribution in [2.75, 3.05) is 51.3 Å². The molecule has 0 bridgehead atoms. The SMILES string of the molecule is CCOC(=O)CN1CCc2ccc(NC(=O)c3ccc(C=NN4CCOCC4)cc3)cc2C1. The quantitative estimate of drug-likeness (QED) is 0.516. The summed E-state index contributed by atoms with van der Waals surface area (Å²) in [5.74, 6) is -0.366. The van der Waals surface area contributed by atoms with Crippen LogP contribution in [0.2, 0.25) is 0 Å². The first-order valence-electron chi connectivity index (χ1n) is 11.4. The number of nitrogens with one attached hydrogen (secondary N) is 1. The summed E-state index contributed by atoms with van der Waals surface area (Å²) in [5, 5.41) is 9.43. The summed E-state index contributed by atoms with van der Waals surface area (Å²) in [6.07, 6.45) is 2.68. The average molecular weight is 451 g/mol. The van der Waals surface area contributed by atoms with Gasteiger partial charge in [0.2, 0.25) is 0 Å². The molecule has 1 fully saturated rings. The van der Waals surface area contributed by atoms with Crippen LogP contribution in [0.3, 0.4) is 0 Å². The van der Waals surface area contributed by atoms with Crippen LogP contribution in [0, 0.1) is 0 Å². The zero-order valence-corrected chi connectivity index (χ0v) is 19.0. The third-order valence-corrected chi connectivity index (χ3v) is 5.74. The van der Waals surface area contributed by atoms with Gasteiger partial charge in [-0.25, -0.2) is 0 Å². The van der Waals surface area contributed by atoms with E-state index >= 15 is 0 Å². The van der Waals surface area contributed by atoms with Crippen molar-refractivity contribution in [3.05, 3.63) is 64.7 Å². The Morgan fingerprint density at radius 3 is 2.64 bits per heavy atom. The highest BCUT2D eigenvalue weighted by Crippen LogP contribution is 2.23. The predicted molar refractivity (Wildman–Crippen MR) is 126 cm³/mol. The Morgan fingerprint density at radius 2 is 1.88 bits per heavy atom. The largest absolute Gasteiger partial charge is 0.465 e. The molecule has 2 aliphatic rings. The number of benzene rings is 2. The lowest BCUT2D eigenvalue weighted by molar-refractivity contribution is -0.144. The average Bonchev–Trinajstić information content (AvgIpc) is 2.83. The van der Waals surface area contributed by atoms with E-state index in [2.05, 4.69) is 21.4 Å². The summed E-state index contributed by atoms with van der Waals surface area (Å²) in [6, 6.07) is 13.4. The summed E-state index contributed by atoms with van der Waals surface area (Å²) >= 11 is 0. The first kappa shape index (κ1) is 22.9. The minimum absolute atomic E-state index is 0.161. The Hall–Kier alpha value is -3.23. The second kappa shape index (κ2) is 11.1. The lowest BCUT2D eigenvalue weighted by Gasteiger charge is -2.28. The molecule has 1 N–H and O–H groups in total. The van der Waals surface area contributed by atoms with Gasteiger partial charge in [-0.2, -0.15) is 5.10 Å². The standard InChI is InChI=1S/C25H30N4O4/c1-2-33-24(30)18-28-10-9-20-7-8-23(15-22(20)17-28)27-25(31)21-5-3-19(4-6-21)16-26-29-11-13-32-14-12-29/h3-8,15-16H,2,9-14,17-18H2,1H3,(H,27,31). The summed E-state index contributed by atoms with van der Waals surface area (Å²) in [6.45, 7) is 6.94. The molecule has 1 amide bonds. The monoisotopic (exact) mass is 450 g/mol. The van der Waals surface area contributed by atoms with E-state index in [9.17, 15) is 9.59 Å². The number of hydrazone groups is 1. The van der Waals surface area contributed by atoms with Gasteiger partial charge in [0, 0.05) is 24.3 Å². The molecule has 2 aliphatic heterocycles. The van der Waals surface area contributed by atoms with Crippen molar-refractivity contribution in [2.45, 2.75) is 19.9 Å². The molecule has 8 nitrogen and oxygen atoms in total. The van der Waals surface area contributed by atoms with Crippen LogP contribution in [-0.2, 0) is 27.2 Å². The van der Waals surface area contributed by atoms with Gasteiger partial charge in [-0.15, -0.1) is 0 Å². The van der Waals surface area contributed by atoms with Gasteiger partial charge in [0.05, 0.1) is 45.7 Å². The first-order chi connectivity index (χ1) is 16.1. The van der Waals surface area contributed by atoms with E-state index in [1.807, 2.05) is 36.2 Å². The summed E-state index contributed by atoms with van der Waals surface area (Å²) in [7, 11) is 0. The van der Waals surface area contributed by atoms with Crippen LogP contribution in [0.4, 0.5) is 5.69 Å². The number of hydrogen-bond donors (Lipinski definition) is 1. The molecule has 0 aromatic heterocycles. The van der Waals surface area contributed by atoms with Gasteiger partial charge in [0.15, 0.2) is 0 Å². The van der Waals surface area contributed by atoms with E-state index in [0.29, 0.717) is 31.9 Å². The number of rotatable bonds is 7. The van der Waals surface area contributed by atoms with Crippen LogP contribution in [-0.4, -0.2) is 74.0 Å². The Morgan fingerprint density at radius 1 is 1.09 bits per heavy atom. The smallest absolute Gasteiger partial charge is 0.320 e. The number of carbonyl (C=O) groups is 2. The molecule has 0 spiro atoms. The molecule has 0 aliphatic carbocycles. The number of anilines is 1. The Kier molecular flexibility index (Phi) is 7.70. The van der Waals surface area contributed by atoms with Crippen molar-refractivity contribution in [3.8, 4) is 0 Å². The number of nitrogens with zero attached hydrogens (tertiary/aromatic N) is 3. The van der Waals surface area contributed by atoms with Crippen LogP contribution in [0.15, 0.2) is 47.6 Å². The maximum Gasteiger partial charge on any atom is 0.320 e. The molecule has 1 saturated heterocycles. The molecule has 0 saturated carbocycles. The van der Waals surface area contributed by atoms with Gasteiger partial charge in [0.1, 0.15) is 0 Å². The van der Waals surface area contributed by atoms with Crippen LogP contribution in [0.1, 0.15) is 34.0 Å². The molecule has 4 rings (SSSR count). The maximum absolute atomic E-state index is 12.7. The molecular weight excluding hydrogens is 420 g/mol. The van der Waals surface area contributed by atoms with E-state index in [0.717, 1.165) is 42.9 Å². The topological polar surface area (TPSA) is 83.5 Å². The zero-order chi connectivity index (χ0) is 23.0. The molecule has 0 radical (unpaired) electrons. The number of ether oxygens (including phenoxy) is 2. The fraction of sp³-hybridized carbons (Fsp3) is 0.400.